The first-order valence-corrected chi connectivity index (χ1v) is 8.13. The van der Waals surface area contributed by atoms with Gasteiger partial charge in [0.1, 0.15) is 11.9 Å². The van der Waals surface area contributed by atoms with Crippen LogP contribution in [0.4, 0.5) is 10.1 Å². The number of piperazine rings is 1. The van der Waals surface area contributed by atoms with Gasteiger partial charge in [-0.3, -0.25) is 9.69 Å². The Morgan fingerprint density at radius 3 is 2.74 bits per heavy atom. The van der Waals surface area contributed by atoms with Gasteiger partial charge in [-0.1, -0.05) is 0 Å². The van der Waals surface area contributed by atoms with Gasteiger partial charge in [-0.05, 0) is 31.0 Å². The van der Waals surface area contributed by atoms with E-state index in [1.54, 1.807) is 6.07 Å². The highest BCUT2D eigenvalue weighted by Gasteiger charge is 2.26. The molecule has 1 atom stereocenters. The fourth-order valence-corrected chi connectivity index (χ4v) is 3.48. The second kappa shape index (κ2) is 6.97. The lowest BCUT2D eigenvalue weighted by atomic mass is 10.1. The molecule has 2 fully saturated rings. The van der Waals surface area contributed by atoms with Gasteiger partial charge in [0.15, 0.2) is 0 Å². The van der Waals surface area contributed by atoms with E-state index in [2.05, 4.69) is 21.2 Å². The van der Waals surface area contributed by atoms with Gasteiger partial charge in [-0.2, -0.15) is 5.26 Å². The van der Waals surface area contributed by atoms with Gasteiger partial charge in [-0.25, -0.2) is 4.39 Å². The molecule has 5 nitrogen and oxygen atoms in total. The van der Waals surface area contributed by atoms with Gasteiger partial charge >= 0.3 is 0 Å². The van der Waals surface area contributed by atoms with Crippen molar-refractivity contribution in [3.8, 4) is 6.07 Å². The Kier molecular flexibility index (Phi) is 4.77. The summed E-state index contributed by atoms with van der Waals surface area (Å²) in [7, 11) is 0. The number of hydrogen-bond donors (Lipinski definition) is 1. The maximum Gasteiger partial charge on any atom is 0.220 e. The fourth-order valence-electron chi connectivity index (χ4n) is 3.48. The lowest BCUT2D eigenvalue weighted by molar-refractivity contribution is -0.120. The number of amides is 1. The summed E-state index contributed by atoms with van der Waals surface area (Å²) >= 11 is 0. The van der Waals surface area contributed by atoms with Crippen LogP contribution in [0.1, 0.15) is 24.8 Å². The zero-order valence-corrected chi connectivity index (χ0v) is 13.1. The maximum atomic E-state index is 13.3. The minimum absolute atomic E-state index is 0.149. The van der Waals surface area contributed by atoms with E-state index < -0.39 is 0 Å². The highest BCUT2D eigenvalue weighted by Crippen LogP contribution is 2.24. The van der Waals surface area contributed by atoms with E-state index in [0.717, 1.165) is 51.3 Å². The summed E-state index contributed by atoms with van der Waals surface area (Å²) in [5, 5.41) is 12.1. The predicted molar refractivity (Wildman–Crippen MR) is 85.5 cm³/mol. The molecule has 0 spiro atoms. The van der Waals surface area contributed by atoms with Crippen LogP contribution in [0.15, 0.2) is 18.2 Å². The first-order valence-electron chi connectivity index (χ1n) is 8.13. The lowest BCUT2D eigenvalue weighted by Crippen LogP contribution is -2.50. The summed E-state index contributed by atoms with van der Waals surface area (Å²) in [6, 6.07) is 6.92. The first kappa shape index (κ1) is 15.8. The second-order valence-electron chi connectivity index (χ2n) is 6.13. The highest BCUT2D eigenvalue weighted by molar-refractivity contribution is 5.76. The molecule has 1 N–H and O–H groups in total. The summed E-state index contributed by atoms with van der Waals surface area (Å²) in [5.74, 6) is -0.226. The molecule has 0 aromatic heterocycles. The monoisotopic (exact) mass is 316 g/mol. The molecule has 122 valence electrons. The van der Waals surface area contributed by atoms with Crippen molar-refractivity contribution >= 4 is 11.6 Å². The molecule has 2 aliphatic heterocycles. The molecule has 3 rings (SSSR count). The van der Waals surface area contributed by atoms with E-state index >= 15 is 0 Å². The van der Waals surface area contributed by atoms with Gasteiger partial charge in [0.2, 0.25) is 5.91 Å². The molecule has 1 unspecified atom stereocenters. The SMILES string of the molecule is N#Cc1cc(F)ccc1N1CCN(C2CCNC(=O)CC2)CC1. The molecular formula is C17H21FN4O. The molecule has 1 aromatic carbocycles. The molecule has 0 radical (unpaired) electrons. The smallest absolute Gasteiger partial charge is 0.220 e. The van der Waals surface area contributed by atoms with Gasteiger partial charge in [0.05, 0.1) is 11.3 Å². The van der Waals surface area contributed by atoms with Crippen LogP contribution in [0, 0.1) is 17.1 Å². The fraction of sp³-hybridized carbons (Fsp3) is 0.529. The van der Waals surface area contributed by atoms with Crippen LogP contribution in [-0.4, -0.2) is 49.6 Å². The zero-order valence-electron chi connectivity index (χ0n) is 13.1. The number of anilines is 1. The van der Waals surface area contributed by atoms with Crippen LogP contribution < -0.4 is 10.2 Å². The Bertz CT molecular complexity index is 620. The summed E-state index contributed by atoms with van der Waals surface area (Å²) in [4.78, 5) is 16.0. The van der Waals surface area contributed by atoms with Gasteiger partial charge in [0.25, 0.3) is 0 Å². The van der Waals surface area contributed by atoms with Crippen LogP contribution in [0.5, 0.6) is 0 Å². The molecule has 1 amide bonds. The zero-order chi connectivity index (χ0) is 16.2. The number of hydrogen-bond acceptors (Lipinski definition) is 4. The normalized spacial score (nSPS) is 23.0. The number of nitrogens with one attached hydrogen (secondary N) is 1. The standard InChI is InChI=1S/C17H21FN4O/c18-14-1-3-16(13(11-14)12-19)22-9-7-21(8-10-22)15-2-4-17(23)20-6-5-15/h1,3,11,15H,2,4-10H2,(H,20,23). The second-order valence-corrected chi connectivity index (χ2v) is 6.13. The van der Waals surface area contributed by atoms with E-state index in [0.29, 0.717) is 18.0 Å². The van der Waals surface area contributed by atoms with Crippen LogP contribution in [0.2, 0.25) is 0 Å². The molecule has 2 aliphatic rings. The van der Waals surface area contributed by atoms with E-state index in [9.17, 15) is 14.4 Å². The molecule has 6 heteroatoms. The first-order chi connectivity index (χ1) is 11.2. The minimum Gasteiger partial charge on any atom is -0.368 e. The Hall–Kier alpha value is -2.13. The van der Waals surface area contributed by atoms with E-state index in [4.69, 9.17) is 0 Å². The van der Waals surface area contributed by atoms with Crippen molar-refractivity contribution in [3.63, 3.8) is 0 Å². The third-order valence-electron chi connectivity index (χ3n) is 4.75. The van der Waals surface area contributed by atoms with Crippen molar-refractivity contribution in [3.05, 3.63) is 29.6 Å². The van der Waals surface area contributed by atoms with Crippen molar-refractivity contribution in [1.82, 2.24) is 10.2 Å². The molecular weight excluding hydrogens is 295 g/mol. The number of carbonyl (C=O) groups is 1. The van der Waals surface area contributed by atoms with E-state index in [1.807, 2.05) is 0 Å². The molecule has 0 bridgehead atoms. The molecule has 0 aliphatic carbocycles. The quantitative estimate of drug-likeness (QED) is 0.898. The van der Waals surface area contributed by atoms with Crippen molar-refractivity contribution in [2.45, 2.75) is 25.3 Å². The summed E-state index contributed by atoms with van der Waals surface area (Å²) in [6.07, 6.45) is 2.50. The summed E-state index contributed by atoms with van der Waals surface area (Å²) < 4.78 is 13.3. The molecule has 23 heavy (non-hydrogen) atoms. The largest absolute Gasteiger partial charge is 0.368 e. The van der Waals surface area contributed by atoms with Crippen molar-refractivity contribution in [1.29, 1.82) is 5.26 Å². The number of nitriles is 1. The Morgan fingerprint density at radius 2 is 2.00 bits per heavy atom. The molecule has 2 saturated heterocycles. The Balaban J connectivity index is 1.62. The number of benzene rings is 1. The Morgan fingerprint density at radius 1 is 1.22 bits per heavy atom. The predicted octanol–water partition coefficient (Wildman–Crippen LogP) is 1.49. The minimum atomic E-state index is -0.375. The van der Waals surface area contributed by atoms with Crippen molar-refractivity contribution in [2.24, 2.45) is 0 Å². The topological polar surface area (TPSA) is 59.4 Å². The van der Waals surface area contributed by atoms with Gasteiger partial charge in [0, 0.05) is 45.2 Å². The average molecular weight is 316 g/mol. The third-order valence-corrected chi connectivity index (χ3v) is 4.75. The van der Waals surface area contributed by atoms with E-state index in [1.165, 1.54) is 12.1 Å². The molecule has 1 aromatic rings. The van der Waals surface area contributed by atoms with E-state index in [-0.39, 0.29) is 11.7 Å². The van der Waals surface area contributed by atoms with Crippen LogP contribution >= 0.6 is 0 Å². The van der Waals surface area contributed by atoms with Crippen molar-refractivity contribution in [2.75, 3.05) is 37.6 Å². The number of carbonyl (C=O) groups excluding carboxylic acids is 1. The van der Waals surface area contributed by atoms with Crippen LogP contribution in [0.25, 0.3) is 0 Å². The summed E-state index contributed by atoms with van der Waals surface area (Å²) in [5.41, 5.74) is 1.20. The van der Waals surface area contributed by atoms with Crippen molar-refractivity contribution < 1.29 is 9.18 Å². The third kappa shape index (κ3) is 3.62. The van der Waals surface area contributed by atoms with Gasteiger partial charge < -0.3 is 10.2 Å². The van der Waals surface area contributed by atoms with Crippen LogP contribution in [-0.2, 0) is 4.79 Å². The maximum absolute atomic E-state index is 13.3. The highest BCUT2D eigenvalue weighted by atomic mass is 19.1. The van der Waals surface area contributed by atoms with Gasteiger partial charge in [-0.15, -0.1) is 0 Å². The number of rotatable bonds is 2. The lowest BCUT2D eigenvalue weighted by Gasteiger charge is -2.40. The number of nitrogens with zero attached hydrogens (tertiary/aromatic N) is 3. The summed E-state index contributed by atoms with van der Waals surface area (Å²) in [6.45, 7) is 4.19. The average Bonchev–Trinajstić information content (AvgIpc) is 2.79. The molecule has 0 saturated carbocycles. The Labute approximate surface area is 135 Å². The number of halogens is 1. The van der Waals surface area contributed by atoms with Crippen LogP contribution in [0.3, 0.4) is 0 Å². The molecule has 2 heterocycles.